The number of likely N-dealkylation sites (tertiary alicyclic amines) is 1. The van der Waals surface area contributed by atoms with Gasteiger partial charge in [-0.2, -0.15) is 0 Å². The van der Waals surface area contributed by atoms with Gasteiger partial charge in [-0.3, -0.25) is 0 Å². The summed E-state index contributed by atoms with van der Waals surface area (Å²) in [5.74, 6) is 1.11. The molecule has 0 bridgehead atoms. The molecule has 0 aromatic carbocycles. The summed E-state index contributed by atoms with van der Waals surface area (Å²) in [5.41, 5.74) is -0.186. The van der Waals surface area contributed by atoms with Gasteiger partial charge in [0.2, 0.25) is 0 Å². The van der Waals surface area contributed by atoms with Crippen molar-refractivity contribution in [3.8, 4) is 0 Å². The number of carbonyl (C=O) groups excluding carboxylic acids is 2. The second-order valence-electron chi connectivity index (χ2n) is 8.26. The molecule has 1 aromatic heterocycles. The number of nitrogens with zero attached hydrogens (tertiary/aromatic N) is 2. The molecule has 8 nitrogen and oxygen atoms in total. The number of piperidine rings is 1. The van der Waals surface area contributed by atoms with E-state index < -0.39 is 5.60 Å². The predicted molar refractivity (Wildman–Crippen MR) is 94.3 cm³/mol. The van der Waals surface area contributed by atoms with Gasteiger partial charge in [-0.1, -0.05) is 0 Å². The second-order valence-corrected chi connectivity index (χ2v) is 8.26. The highest BCUT2D eigenvalue weighted by molar-refractivity contribution is 5.73. The summed E-state index contributed by atoms with van der Waals surface area (Å²) in [6, 6.07) is -0.199. The zero-order valence-electron chi connectivity index (χ0n) is 15.7. The van der Waals surface area contributed by atoms with Crippen molar-refractivity contribution >= 4 is 12.1 Å². The molecule has 2 fully saturated rings. The molecule has 1 saturated carbocycles. The first-order valence-corrected chi connectivity index (χ1v) is 9.14. The molecule has 144 valence electrons. The number of rotatable bonds is 4. The van der Waals surface area contributed by atoms with Gasteiger partial charge in [0, 0.05) is 19.6 Å². The molecular formula is C18H28N4O4. The van der Waals surface area contributed by atoms with Crippen molar-refractivity contribution in [2.75, 3.05) is 19.6 Å². The molecule has 3 amide bonds. The van der Waals surface area contributed by atoms with E-state index in [1.165, 1.54) is 6.39 Å². The zero-order chi connectivity index (χ0) is 18.8. The smallest absolute Gasteiger partial charge is 0.410 e. The van der Waals surface area contributed by atoms with E-state index in [0.717, 1.165) is 32.4 Å². The number of aromatic nitrogens is 1. The highest BCUT2D eigenvalue weighted by Gasteiger charge is 2.55. The van der Waals surface area contributed by atoms with Crippen LogP contribution in [0.5, 0.6) is 0 Å². The fraction of sp³-hybridized carbons (Fsp3) is 0.722. The van der Waals surface area contributed by atoms with Crippen molar-refractivity contribution in [3.05, 3.63) is 18.4 Å². The van der Waals surface area contributed by atoms with Gasteiger partial charge in [0.25, 0.3) is 0 Å². The molecule has 1 saturated heterocycles. The summed E-state index contributed by atoms with van der Waals surface area (Å²) in [7, 11) is 0. The summed E-state index contributed by atoms with van der Waals surface area (Å²) in [6.07, 6.45) is 5.74. The molecule has 1 aromatic rings. The molecule has 1 spiro atoms. The van der Waals surface area contributed by atoms with Gasteiger partial charge in [0.1, 0.15) is 11.4 Å². The lowest BCUT2D eigenvalue weighted by Gasteiger charge is -2.34. The highest BCUT2D eigenvalue weighted by Crippen LogP contribution is 2.59. The molecule has 1 unspecified atom stereocenters. The van der Waals surface area contributed by atoms with Crippen LogP contribution < -0.4 is 10.6 Å². The lowest BCUT2D eigenvalue weighted by molar-refractivity contribution is 0.0166. The molecule has 26 heavy (non-hydrogen) atoms. The first-order chi connectivity index (χ1) is 12.3. The SMILES string of the molecule is CC(C)(C)OC(=O)N1CCC2(CC1)CC2CNC(=O)NCc1cnco1. The Kier molecular flexibility index (Phi) is 5.11. The third kappa shape index (κ3) is 4.68. The maximum absolute atomic E-state index is 12.1. The van der Waals surface area contributed by atoms with Crippen LogP contribution in [0.25, 0.3) is 0 Å². The number of nitrogens with one attached hydrogen (secondary N) is 2. The molecule has 2 N–H and O–H groups in total. The number of urea groups is 1. The molecular weight excluding hydrogens is 336 g/mol. The van der Waals surface area contributed by atoms with Gasteiger partial charge >= 0.3 is 12.1 Å². The number of amides is 3. The van der Waals surface area contributed by atoms with Crippen LogP contribution in [0.15, 0.2) is 17.0 Å². The average molecular weight is 364 g/mol. The Morgan fingerprint density at radius 1 is 1.35 bits per heavy atom. The number of oxazole rings is 1. The number of hydrogen-bond acceptors (Lipinski definition) is 5. The lowest BCUT2D eigenvalue weighted by atomic mass is 9.91. The third-order valence-corrected chi connectivity index (χ3v) is 5.19. The van der Waals surface area contributed by atoms with Crippen molar-refractivity contribution in [2.24, 2.45) is 11.3 Å². The minimum absolute atomic E-state index is 0.199. The monoisotopic (exact) mass is 364 g/mol. The first kappa shape index (κ1) is 18.5. The molecule has 2 heterocycles. The fourth-order valence-electron chi connectivity index (χ4n) is 3.57. The summed E-state index contributed by atoms with van der Waals surface area (Å²) in [6.45, 7) is 8.08. The van der Waals surface area contributed by atoms with E-state index in [1.54, 1.807) is 11.1 Å². The largest absolute Gasteiger partial charge is 0.447 e. The standard InChI is InChI=1S/C18H28N4O4/c1-17(2,3)26-16(24)22-6-4-18(5-7-22)8-13(18)9-20-15(23)21-11-14-10-19-12-25-14/h10,12-13H,4-9,11H2,1-3H3,(H2,20,21,23). The molecule has 0 radical (unpaired) electrons. The normalized spacial score (nSPS) is 21.3. The Morgan fingerprint density at radius 3 is 2.69 bits per heavy atom. The Hall–Kier alpha value is -2.25. The Morgan fingerprint density at radius 2 is 2.08 bits per heavy atom. The molecule has 1 aliphatic carbocycles. The first-order valence-electron chi connectivity index (χ1n) is 9.14. The van der Waals surface area contributed by atoms with Crippen molar-refractivity contribution in [1.82, 2.24) is 20.5 Å². The van der Waals surface area contributed by atoms with E-state index in [4.69, 9.17) is 9.15 Å². The zero-order valence-corrected chi connectivity index (χ0v) is 15.7. The van der Waals surface area contributed by atoms with Gasteiger partial charge in [-0.05, 0) is 51.4 Å². The summed E-state index contributed by atoms with van der Waals surface area (Å²) >= 11 is 0. The van der Waals surface area contributed by atoms with Crippen LogP contribution in [0, 0.1) is 11.3 Å². The van der Waals surface area contributed by atoms with Gasteiger partial charge in [-0.15, -0.1) is 0 Å². The third-order valence-electron chi connectivity index (χ3n) is 5.19. The topological polar surface area (TPSA) is 96.7 Å². The Balaban J connectivity index is 1.35. The van der Waals surface area contributed by atoms with Crippen LogP contribution in [0.2, 0.25) is 0 Å². The van der Waals surface area contributed by atoms with E-state index >= 15 is 0 Å². The van der Waals surface area contributed by atoms with E-state index in [9.17, 15) is 9.59 Å². The van der Waals surface area contributed by atoms with Gasteiger partial charge in [-0.25, -0.2) is 14.6 Å². The molecule has 1 atom stereocenters. The summed E-state index contributed by atoms with van der Waals surface area (Å²) in [4.78, 5) is 29.6. The molecule has 1 aliphatic heterocycles. The maximum Gasteiger partial charge on any atom is 0.410 e. The molecule has 3 rings (SSSR count). The van der Waals surface area contributed by atoms with E-state index in [0.29, 0.717) is 24.8 Å². The van der Waals surface area contributed by atoms with Gasteiger partial charge in [0.05, 0.1) is 12.7 Å². The number of ether oxygens (including phenoxy) is 1. The Labute approximate surface area is 153 Å². The predicted octanol–water partition coefficient (Wildman–Crippen LogP) is 2.51. The van der Waals surface area contributed by atoms with Crippen molar-refractivity contribution in [2.45, 2.75) is 52.2 Å². The minimum Gasteiger partial charge on any atom is -0.447 e. The van der Waals surface area contributed by atoms with Crippen LogP contribution in [0.4, 0.5) is 9.59 Å². The van der Waals surface area contributed by atoms with Crippen molar-refractivity contribution < 1.29 is 18.7 Å². The van der Waals surface area contributed by atoms with Crippen LogP contribution in [-0.2, 0) is 11.3 Å². The highest BCUT2D eigenvalue weighted by atomic mass is 16.6. The Bertz CT molecular complexity index is 630. The maximum atomic E-state index is 12.1. The number of hydrogen-bond donors (Lipinski definition) is 2. The van der Waals surface area contributed by atoms with Crippen LogP contribution in [0.3, 0.4) is 0 Å². The minimum atomic E-state index is -0.461. The van der Waals surface area contributed by atoms with Crippen LogP contribution in [0.1, 0.15) is 45.8 Å². The number of carbonyl (C=O) groups is 2. The van der Waals surface area contributed by atoms with E-state index in [1.807, 2.05) is 20.8 Å². The van der Waals surface area contributed by atoms with Gasteiger partial charge in [0.15, 0.2) is 6.39 Å². The quantitative estimate of drug-likeness (QED) is 0.856. The van der Waals surface area contributed by atoms with Crippen LogP contribution >= 0.6 is 0 Å². The van der Waals surface area contributed by atoms with Crippen molar-refractivity contribution in [1.29, 1.82) is 0 Å². The summed E-state index contributed by atoms with van der Waals surface area (Å²) < 4.78 is 10.5. The fourth-order valence-corrected chi connectivity index (χ4v) is 3.57. The second kappa shape index (κ2) is 7.17. The summed E-state index contributed by atoms with van der Waals surface area (Å²) in [5, 5.41) is 5.68. The van der Waals surface area contributed by atoms with E-state index in [-0.39, 0.29) is 17.5 Å². The van der Waals surface area contributed by atoms with Crippen LogP contribution in [-0.4, -0.2) is 47.2 Å². The van der Waals surface area contributed by atoms with E-state index in [2.05, 4.69) is 15.6 Å². The molecule has 2 aliphatic rings. The lowest BCUT2D eigenvalue weighted by Crippen LogP contribution is -2.43. The van der Waals surface area contributed by atoms with Gasteiger partial charge < -0.3 is 24.7 Å². The molecule has 8 heteroatoms. The average Bonchev–Trinajstić information content (AvgIpc) is 2.99. The van der Waals surface area contributed by atoms with Crippen molar-refractivity contribution in [3.63, 3.8) is 0 Å².